The second-order valence-corrected chi connectivity index (χ2v) is 5.35. The second-order valence-electron chi connectivity index (χ2n) is 5.35. The predicted octanol–water partition coefficient (Wildman–Crippen LogP) is 1.89. The van der Waals surface area contributed by atoms with Gasteiger partial charge in [-0.05, 0) is 43.7 Å². The number of hydrogen-bond acceptors (Lipinski definition) is 3. The van der Waals surface area contributed by atoms with Crippen LogP contribution < -0.4 is 11.1 Å². The van der Waals surface area contributed by atoms with E-state index in [9.17, 15) is 9.59 Å². The molecule has 0 radical (unpaired) electrons. The molecule has 20 heavy (non-hydrogen) atoms. The summed E-state index contributed by atoms with van der Waals surface area (Å²) in [5.74, 6) is -0.723. The lowest BCUT2D eigenvalue weighted by Gasteiger charge is -2.26. The number of nitrogen functional groups attached to an aromatic ring is 1. The van der Waals surface area contributed by atoms with Gasteiger partial charge in [-0.15, -0.1) is 0 Å². The molecule has 0 heterocycles. The molecule has 0 atom stereocenters. The highest BCUT2D eigenvalue weighted by Crippen LogP contribution is 2.28. The summed E-state index contributed by atoms with van der Waals surface area (Å²) in [6, 6.07) is 6.97. The number of nitrogens with two attached hydrogens (primary N) is 1. The van der Waals surface area contributed by atoms with Crippen LogP contribution in [-0.4, -0.2) is 23.5 Å². The molecule has 5 heteroatoms. The highest BCUT2D eigenvalue weighted by Gasteiger charge is 2.26. The number of para-hydroxylation sites is 1. The summed E-state index contributed by atoms with van der Waals surface area (Å²) in [6.45, 7) is 0.583. The van der Waals surface area contributed by atoms with Crippen molar-refractivity contribution in [2.24, 2.45) is 11.8 Å². The van der Waals surface area contributed by atoms with E-state index in [1.54, 1.807) is 24.3 Å². The largest absolute Gasteiger partial charge is 0.481 e. The van der Waals surface area contributed by atoms with Crippen molar-refractivity contribution in [3.8, 4) is 0 Å². The van der Waals surface area contributed by atoms with Gasteiger partial charge in [-0.3, -0.25) is 9.59 Å². The molecular weight excluding hydrogens is 256 g/mol. The summed E-state index contributed by atoms with van der Waals surface area (Å²) in [5.41, 5.74) is 6.72. The molecule has 0 saturated heterocycles. The molecule has 1 aliphatic carbocycles. The van der Waals surface area contributed by atoms with Gasteiger partial charge in [0.25, 0.3) is 5.91 Å². The van der Waals surface area contributed by atoms with Crippen molar-refractivity contribution in [1.29, 1.82) is 0 Å². The smallest absolute Gasteiger partial charge is 0.306 e. The van der Waals surface area contributed by atoms with E-state index in [2.05, 4.69) is 5.32 Å². The van der Waals surface area contributed by atoms with Crippen molar-refractivity contribution in [3.05, 3.63) is 29.8 Å². The topological polar surface area (TPSA) is 92.4 Å². The summed E-state index contributed by atoms with van der Waals surface area (Å²) in [6.07, 6.45) is 3.09. The van der Waals surface area contributed by atoms with Crippen LogP contribution in [0.25, 0.3) is 0 Å². The molecule has 0 aliphatic heterocycles. The molecule has 2 rings (SSSR count). The number of anilines is 1. The Bertz CT molecular complexity index is 494. The number of nitrogens with one attached hydrogen (secondary N) is 1. The maximum atomic E-state index is 12.0. The van der Waals surface area contributed by atoms with Gasteiger partial charge in [0.1, 0.15) is 0 Å². The number of carbonyl (C=O) groups is 2. The lowest BCUT2D eigenvalue weighted by molar-refractivity contribution is -0.143. The van der Waals surface area contributed by atoms with Crippen molar-refractivity contribution < 1.29 is 14.7 Å². The zero-order chi connectivity index (χ0) is 14.5. The van der Waals surface area contributed by atoms with E-state index in [-0.39, 0.29) is 11.8 Å². The van der Waals surface area contributed by atoms with Gasteiger partial charge in [-0.25, -0.2) is 0 Å². The number of carbonyl (C=O) groups excluding carboxylic acids is 1. The molecule has 5 nitrogen and oxygen atoms in total. The van der Waals surface area contributed by atoms with E-state index < -0.39 is 5.97 Å². The molecule has 108 valence electrons. The third-order valence-electron chi connectivity index (χ3n) is 3.95. The summed E-state index contributed by atoms with van der Waals surface area (Å²) < 4.78 is 0. The van der Waals surface area contributed by atoms with Crippen LogP contribution in [0, 0.1) is 11.8 Å². The number of rotatable bonds is 4. The van der Waals surface area contributed by atoms with E-state index in [4.69, 9.17) is 10.8 Å². The second kappa shape index (κ2) is 6.41. The van der Waals surface area contributed by atoms with Crippen molar-refractivity contribution in [1.82, 2.24) is 5.32 Å². The molecular formula is C15H20N2O3. The lowest BCUT2D eigenvalue weighted by atomic mass is 9.82. The van der Waals surface area contributed by atoms with Gasteiger partial charge in [0.15, 0.2) is 0 Å². The van der Waals surface area contributed by atoms with Crippen LogP contribution in [0.2, 0.25) is 0 Å². The minimum absolute atomic E-state index is 0.163. The van der Waals surface area contributed by atoms with Gasteiger partial charge < -0.3 is 16.2 Å². The Balaban J connectivity index is 1.80. The Morgan fingerprint density at radius 3 is 2.45 bits per heavy atom. The van der Waals surface area contributed by atoms with Gasteiger partial charge in [0, 0.05) is 12.2 Å². The molecule has 4 N–H and O–H groups in total. The monoisotopic (exact) mass is 276 g/mol. The zero-order valence-electron chi connectivity index (χ0n) is 11.3. The molecule has 1 amide bonds. The Hall–Kier alpha value is -2.04. The van der Waals surface area contributed by atoms with Crippen molar-refractivity contribution in [2.75, 3.05) is 12.3 Å². The van der Waals surface area contributed by atoms with Crippen LogP contribution >= 0.6 is 0 Å². The van der Waals surface area contributed by atoms with Crippen LogP contribution in [0.15, 0.2) is 24.3 Å². The van der Waals surface area contributed by atoms with Crippen molar-refractivity contribution in [2.45, 2.75) is 25.7 Å². The van der Waals surface area contributed by atoms with Crippen molar-refractivity contribution in [3.63, 3.8) is 0 Å². The molecule has 1 fully saturated rings. The first-order chi connectivity index (χ1) is 9.58. The summed E-state index contributed by atoms with van der Waals surface area (Å²) in [7, 11) is 0. The minimum atomic E-state index is -0.704. The Morgan fingerprint density at radius 2 is 1.85 bits per heavy atom. The van der Waals surface area contributed by atoms with Gasteiger partial charge in [0.2, 0.25) is 0 Å². The number of carboxylic acids is 1. The lowest BCUT2D eigenvalue weighted by Crippen LogP contribution is -2.32. The number of amides is 1. The highest BCUT2D eigenvalue weighted by molar-refractivity contribution is 5.99. The third kappa shape index (κ3) is 3.50. The molecule has 1 aliphatic rings. The first-order valence-electron chi connectivity index (χ1n) is 6.93. The molecule has 0 unspecified atom stereocenters. The number of benzene rings is 1. The van der Waals surface area contributed by atoms with Crippen LogP contribution in [0.1, 0.15) is 36.0 Å². The fourth-order valence-corrected chi connectivity index (χ4v) is 2.65. The minimum Gasteiger partial charge on any atom is -0.481 e. The standard InChI is InChI=1S/C15H20N2O3/c16-13-4-2-1-3-12(13)14(18)17-9-10-5-7-11(8-6-10)15(19)20/h1-4,10-11H,5-9,16H2,(H,17,18)(H,19,20)/t10-,11-. The van der Waals surface area contributed by atoms with Crippen LogP contribution in [0.4, 0.5) is 5.69 Å². The van der Waals surface area contributed by atoms with Gasteiger partial charge >= 0.3 is 5.97 Å². The van der Waals surface area contributed by atoms with E-state index in [1.807, 2.05) is 0 Å². The fraction of sp³-hybridized carbons (Fsp3) is 0.467. The van der Waals surface area contributed by atoms with E-state index in [1.165, 1.54) is 0 Å². The summed E-state index contributed by atoms with van der Waals surface area (Å²) in [4.78, 5) is 22.9. The van der Waals surface area contributed by atoms with Gasteiger partial charge in [0.05, 0.1) is 11.5 Å². The Kier molecular flexibility index (Phi) is 4.61. The Labute approximate surface area is 118 Å². The maximum Gasteiger partial charge on any atom is 0.306 e. The fourth-order valence-electron chi connectivity index (χ4n) is 2.65. The molecule has 1 saturated carbocycles. The Morgan fingerprint density at radius 1 is 1.20 bits per heavy atom. The number of aliphatic carboxylic acids is 1. The first-order valence-corrected chi connectivity index (χ1v) is 6.93. The average Bonchev–Trinajstić information content (AvgIpc) is 2.45. The molecule has 0 bridgehead atoms. The normalized spacial score (nSPS) is 22.2. The van der Waals surface area contributed by atoms with Crippen LogP contribution in [0.3, 0.4) is 0 Å². The molecule has 1 aromatic carbocycles. The summed E-state index contributed by atoms with van der Waals surface area (Å²) >= 11 is 0. The zero-order valence-corrected chi connectivity index (χ0v) is 11.3. The van der Waals surface area contributed by atoms with E-state index in [0.717, 1.165) is 12.8 Å². The average molecular weight is 276 g/mol. The predicted molar refractivity (Wildman–Crippen MR) is 76.3 cm³/mol. The van der Waals surface area contributed by atoms with E-state index in [0.29, 0.717) is 36.6 Å². The van der Waals surface area contributed by atoms with Gasteiger partial charge in [-0.1, -0.05) is 12.1 Å². The molecule has 0 spiro atoms. The summed E-state index contributed by atoms with van der Waals surface area (Å²) in [5, 5.41) is 11.8. The van der Waals surface area contributed by atoms with Crippen LogP contribution in [0.5, 0.6) is 0 Å². The van der Waals surface area contributed by atoms with E-state index >= 15 is 0 Å². The first kappa shape index (κ1) is 14.4. The number of carboxylic acid groups (broad SMARTS) is 1. The highest BCUT2D eigenvalue weighted by atomic mass is 16.4. The SMILES string of the molecule is Nc1ccccc1C(=O)NC[C@H]1CC[C@H](C(=O)O)CC1. The van der Waals surface area contributed by atoms with Crippen molar-refractivity contribution >= 4 is 17.6 Å². The quantitative estimate of drug-likeness (QED) is 0.732. The van der Waals surface area contributed by atoms with Crippen LogP contribution in [-0.2, 0) is 4.79 Å². The number of hydrogen-bond donors (Lipinski definition) is 3. The maximum absolute atomic E-state index is 12.0. The third-order valence-corrected chi connectivity index (χ3v) is 3.95. The van der Waals surface area contributed by atoms with Gasteiger partial charge in [-0.2, -0.15) is 0 Å². The molecule has 1 aromatic rings. The molecule has 0 aromatic heterocycles.